The van der Waals surface area contributed by atoms with E-state index in [1.165, 1.54) is 6.21 Å². The number of nitrogens with zero attached hydrogens (tertiary/aromatic N) is 1. The summed E-state index contributed by atoms with van der Waals surface area (Å²) >= 11 is 3.38. The molecule has 0 aliphatic carbocycles. The molecule has 0 saturated heterocycles. The number of nitrogens with one attached hydrogen (secondary N) is 2. The highest BCUT2D eigenvalue weighted by atomic mass is 79.9. The Hall–Kier alpha value is -2.54. The molecule has 126 valence electrons. The Kier molecular flexibility index (Phi) is 6.62. The van der Waals surface area contributed by atoms with Gasteiger partial charge in [-0.2, -0.15) is 5.10 Å². The summed E-state index contributed by atoms with van der Waals surface area (Å²) in [4.78, 5) is 11.8. The van der Waals surface area contributed by atoms with Crippen LogP contribution in [0.4, 0.5) is 5.69 Å². The number of methoxy groups -OCH3 is 2. The number of amides is 1. The quantitative estimate of drug-likeness (QED) is 0.561. The highest BCUT2D eigenvalue weighted by Gasteiger charge is 2.02. The molecule has 2 N–H and O–H groups in total. The van der Waals surface area contributed by atoms with E-state index >= 15 is 0 Å². The second kappa shape index (κ2) is 8.93. The van der Waals surface area contributed by atoms with Crippen LogP contribution in [-0.2, 0) is 4.79 Å². The summed E-state index contributed by atoms with van der Waals surface area (Å²) in [6.07, 6.45) is 1.54. The van der Waals surface area contributed by atoms with Crippen molar-refractivity contribution in [3.63, 3.8) is 0 Å². The minimum Gasteiger partial charge on any atom is -0.497 e. The Morgan fingerprint density at radius 3 is 2.58 bits per heavy atom. The van der Waals surface area contributed by atoms with Gasteiger partial charge in [0.1, 0.15) is 11.5 Å². The third-order valence-corrected chi connectivity index (χ3v) is 3.62. The van der Waals surface area contributed by atoms with Crippen LogP contribution in [0.3, 0.4) is 0 Å². The lowest BCUT2D eigenvalue weighted by Gasteiger charge is -2.07. The van der Waals surface area contributed by atoms with E-state index in [-0.39, 0.29) is 12.5 Å². The summed E-state index contributed by atoms with van der Waals surface area (Å²) in [5, 5.41) is 6.95. The van der Waals surface area contributed by atoms with Crippen molar-refractivity contribution >= 4 is 33.7 Å². The van der Waals surface area contributed by atoms with Crippen molar-refractivity contribution in [3.05, 3.63) is 52.5 Å². The van der Waals surface area contributed by atoms with E-state index in [0.717, 1.165) is 21.5 Å². The van der Waals surface area contributed by atoms with Gasteiger partial charge in [0.15, 0.2) is 0 Å². The fraction of sp³-hybridized carbons (Fsp3) is 0.176. The van der Waals surface area contributed by atoms with Gasteiger partial charge in [0.2, 0.25) is 0 Å². The molecular formula is C17H18BrN3O3. The lowest BCUT2D eigenvalue weighted by molar-refractivity contribution is -0.119. The van der Waals surface area contributed by atoms with Crippen LogP contribution in [-0.4, -0.2) is 32.9 Å². The standard InChI is InChI=1S/C17H18BrN3O3/c1-23-15-6-4-14(5-7-15)19-11-17(22)21-20-10-12-9-13(18)3-8-16(12)24-2/h3-10,19H,11H2,1-2H3,(H,21,22)/b20-10-. The number of carbonyl (C=O) groups excluding carboxylic acids is 1. The van der Waals surface area contributed by atoms with Crippen LogP contribution in [0.5, 0.6) is 11.5 Å². The lowest BCUT2D eigenvalue weighted by atomic mass is 10.2. The number of hydrogen-bond acceptors (Lipinski definition) is 5. The summed E-state index contributed by atoms with van der Waals surface area (Å²) in [6.45, 7) is 0.110. The van der Waals surface area contributed by atoms with Crippen LogP contribution < -0.4 is 20.2 Å². The fourth-order valence-electron chi connectivity index (χ4n) is 1.91. The summed E-state index contributed by atoms with van der Waals surface area (Å²) in [5.74, 6) is 1.18. The first kappa shape index (κ1) is 17.8. The molecule has 2 aromatic rings. The fourth-order valence-corrected chi connectivity index (χ4v) is 2.29. The molecule has 0 aliphatic rings. The van der Waals surface area contributed by atoms with Crippen molar-refractivity contribution in [3.8, 4) is 11.5 Å². The van der Waals surface area contributed by atoms with Gasteiger partial charge in [-0.15, -0.1) is 0 Å². The maximum atomic E-state index is 11.8. The highest BCUT2D eigenvalue weighted by molar-refractivity contribution is 9.10. The average Bonchev–Trinajstić information content (AvgIpc) is 2.60. The first-order valence-electron chi connectivity index (χ1n) is 7.15. The van der Waals surface area contributed by atoms with Gasteiger partial charge >= 0.3 is 0 Å². The zero-order valence-corrected chi connectivity index (χ0v) is 15.0. The Morgan fingerprint density at radius 1 is 1.17 bits per heavy atom. The van der Waals surface area contributed by atoms with Gasteiger partial charge in [-0.3, -0.25) is 4.79 Å². The molecule has 6 nitrogen and oxygen atoms in total. The smallest absolute Gasteiger partial charge is 0.259 e. The van der Waals surface area contributed by atoms with Crippen molar-refractivity contribution in [2.75, 3.05) is 26.1 Å². The Morgan fingerprint density at radius 2 is 1.92 bits per heavy atom. The molecule has 2 rings (SSSR count). The van der Waals surface area contributed by atoms with Crippen LogP contribution in [0.2, 0.25) is 0 Å². The van der Waals surface area contributed by atoms with Crippen LogP contribution in [0.25, 0.3) is 0 Å². The first-order chi connectivity index (χ1) is 11.6. The second-order valence-corrected chi connectivity index (χ2v) is 5.68. The molecule has 2 aromatic carbocycles. The van der Waals surface area contributed by atoms with Crippen LogP contribution >= 0.6 is 15.9 Å². The van der Waals surface area contributed by atoms with Crippen molar-refractivity contribution in [1.29, 1.82) is 0 Å². The molecule has 24 heavy (non-hydrogen) atoms. The Labute approximate surface area is 149 Å². The van der Waals surface area contributed by atoms with Crippen molar-refractivity contribution in [1.82, 2.24) is 5.43 Å². The van der Waals surface area contributed by atoms with Crippen molar-refractivity contribution < 1.29 is 14.3 Å². The predicted molar refractivity (Wildman–Crippen MR) is 97.9 cm³/mol. The van der Waals surface area contributed by atoms with E-state index in [1.54, 1.807) is 14.2 Å². The molecule has 0 atom stereocenters. The number of carbonyl (C=O) groups is 1. The number of hydrogen-bond donors (Lipinski definition) is 2. The van der Waals surface area contributed by atoms with Gasteiger partial charge in [0.25, 0.3) is 5.91 Å². The minimum atomic E-state index is -0.254. The lowest BCUT2D eigenvalue weighted by Crippen LogP contribution is -2.25. The SMILES string of the molecule is COc1ccc(NCC(=O)N/N=C\c2cc(Br)ccc2OC)cc1. The molecule has 0 saturated carbocycles. The Bertz CT molecular complexity index is 718. The van der Waals surface area contributed by atoms with Crippen molar-refractivity contribution in [2.24, 2.45) is 5.10 Å². The van der Waals surface area contributed by atoms with Crippen LogP contribution in [0.1, 0.15) is 5.56 Å². The zero-order valence-electron chi connectivity index (χ0n) is 13.4. The third-order valence-electron chi connectivity index (χ3n) is 3.13. The molecule has 0 radical (unpaired) electrons. The largest absolute Gasteiger partial charge is 0.497 e. The topological polar surface area (TPSA) is 72.0 Å². The Balaban J connectivity index is 1.85. The summed E-state index contributed by atoms with van der Waals surface area (Å²) < 4.78 is 11.2. The number of benzene rings is 2. The molecular weight excluding hydrogens is 374 g/mol. The molecule has 1 amide bonds. The van der Waals surface area contributed by atoms with Gasteiger partial charge in [0.05, 0.1) is 27.0 Å². The van der Waals surface area contributed by atoms with Gasteiger partial charge in [-0.25, -0.2) is 5.43 Å². The number of rotatable bonds is 7. The first-order valence-corrected chi connectivity index (χ1v) is 7.95. The molecule has 0 unspecified atom stereocenters. The third kappa shape index (κ3) is 5.27. The molecule has 0 aliphatic heterocycles. The molecule has 0 bridgehead atoms. The number of halogens is 1. The van der Waals surface area contributed by atoms with E-state index in [1.807, 2.05) is 42.5 Å². The summed E-state index contributed by atoms with van der Waals surface area (Å²) in [7, 11) is 3.19. The zero-order chi connectivity index (χ0) is 17.4. The van der Waals surface area contributed by atoms with E-state index in [9.17, 15) is 4.79 Å². The maximum Gasteiger partial charge on any atom is 0.259 e. The monoisotopic (exact) mass is 391 g/mol. The molecule has 0 fully saturated rings. The second-order valence-electron chi connectivity index (χ2n) is 4.76. The maximum absolute atomic E-state index is 11.8. The average molecular weight is 392 g/mol. The molecule has 0 spiro atoms. The predicted octanol–water partition coefficient (Wildman–Crippen LogP) is 3.03. The van der Waals surface area contributed by atoms with Gasteiger partial charge < -0.3 is 14.8 Å². The molecule has 7 heteroatoms. The highest BCUT2D eigenvalue weighted by Crippen LogP contribution is 2.21. The van der Waals surface area contributed by atoms with Gasteiger partial charge in [-0.05, 0) is 42.5 Å². The number of ether oxygens (including phenoxy) is 2. The normalized spacial score (nSPS) is 10.5. The van der Waals surface area contributed by atoms with E-state index < -0.39 is 0 Å². The van der Waals surface area contributed by atoms with Crippen LogP contribution in [0.15, 0.2) is 52.0 Å². The summed E-state index contributed by atoms with van der Waals surface area (Å²) in [6, 6.07) is 12.8. The summed E-state index contributed by atoms with van der Waals surface area (Å²) in [5.41, 5.74) is 4.05. The van der Waals surface area contributed by atoms with E-state index in [0.29, 0.717) is 5.75 Å². The number of anilines is 1. The number of hydrazone groups is 1. The van der Waals surface area contributed by atoms with Crippen LogP contribution in [0, 0.1) is 0 Å². The molecule has 0 heterocycles. The van der Waals surface area contributed by atoms with E-state index in [2.05, 4.69) is 31.8 Å². The van der Waals surface area contributed by atoms with Gasteiger partial charge in [-0.1, -0.05) is 15.9 Å². The van der Waals surface area contributed by atoms with Gasteiger partial charge in [0, 0.05) is 15.7 Å². The minimum absolute atomic E-state index is 0.110. The van der Waals surface area contributed by atoms with Crippen molar-refractivity contribution in [2.45, 2.75) is 0 Å². The molecule has 0 aromatic heterocycles. The van der Waals surface area contributed by atoms with E-state index in [4.69, 9.17) is 9.47 Å².